The predicted molar refractivity (Wildman–Crippen MR) is 79.4 cm³/mol. The first-order valence-corrected chi connectivity index (χ1v) is 7.40. The van der Waals surface area contributed by atoms with Gasteiger partial charge in [0.15, 0.2) is 0 Å². The molecule has 3 heteroatoms. The van der Waals surface area contributed by atoms with Crippen LogP contribution < -0.4 is 10.5 Å². The van der Waals surface area contributed by atoms with E-state index in [-0.39, 0.29) is 0 Å². The van der Waals surface area contributed by atoms with Gasteiger partial charge in [0.1, 0.15) is 5.75 Å². The Morgan fingerprint density at radius 1 is 1.32 bits per heavy atom. The van der Waals surface area contributed by atoms with Crippen LogP contribution in [0.25, 0.3) is 0 Å². The Bertz CT molecular complexity index is 377. The summed E-state index contributed by atoms with van der Waals surface area (Å²) in [5.74, 6) is 0.908. The number of benzene rings is 1. The van der Waals surface area contributed by atoms with E-state index in [9.17, 15) is 0 Å². The molecule has 19 heavy (non-hydrogen) atoms. The lowest BCUT2D eigenvalue weighted by Crippen LogP contribution is -2.44. The number of hydrogen-bond acceptors (Lipinski definition) is 3. The molecule has 2 unspecified atom stereocenters. The second-order valence-corrected chi connectivity index (χ2v) is 5.32. The molecule has 106 valence electrons. The van der Waals surface area contributed by atoms with Gasteiger partial charge in [0.2, 0.25) is 0 Å². The van der Waals surface area contributed by atoms with Crippen LogP contribution >= 0.6 is 0 Å². The zero-order valence-corrected chi connectivity index (χ0v) is 12.1. The van der Waals surface area contributed by atoms with Crippen molar-refractivity contribution < 1.29 is 4.74 Å². The highest BCUT2D eigenvalue weighted by molar-refractivity contribution is 5.29. The number of methoxy groups -OCH3 is 1. The van der Waals surface area contributed by atoms with E-state index >= 15 is 0 Å². The number of likely N-dealkylation sites (tertiary alicyclic amines) is 1. The van der Waals surface area contributed by atoms with Crippen LogP contribution in [0, 0.1) is 0 Å². The molecule has 0 bridgehead atoms. The first kappa shape index (κ1) is 14.4. The predicted octanol–water partition coefficient (Wildman–Crippen LogP) is 2.96. The quantitative estimate of drug-likeness (QED) is 0.886. The Hall–Kier alpha value is -1.06. The molecule has 3 nitrogen and oxygen atoms in total. The zero-order chi connectivity index (χ0) is 13.7. The summed E-state index contributed by atoms with van der Waals surface area (Å²) in [6.07, 6.45) is 5.17. The minimum atomic E-state index is 0.344. The first-order valence-electron chi connectivity index (χ1n) is 7.40. The molecule has 2 N–H and O–H groups in total. The standard InChI is InChI=1S/C16H26N2O/c1-3-14-6-4-5-11-18(14)16(12-17)13-7-9-15(19-2)10-8-13/h7-10,14,16H,3-6,11-12,17H2,1-2H3. The van der Waals surface area contributed by atoms with Crippen molar-refractivity contribution in [2.45, 2.75) is 44.7 Å². The van der Waals surface area contributed by atoms with E-state index in [1.807, 2.05) is 12.1 Å². The maximum Gasteiger partial charge on any atom is 0.118 e. The van der Waals surface area contributed by atoms with Crippen molar-refractivity contribution in [3.05, 3.63) is 29.8 Å². The summed E-state index contributed by atoms with van der Waals surface area (Å²) in [5.41, 5.74) is 7.36. The zero-order valence-electron chi connectivity index (χ0n) is 12.1. The minimum absolute atomic E-state index is 0.344. The van der Waals surface area contributed by atoms with Gasteiger partial charge in [-0.25, -0.2) is 0 Å². The van der Waals surface area contributed by atoms with Gasteiger partial charge in [-0.2, -0.15) is 0 Å². The smallest absolute Gasteiger partial charge is 0.118 e. The molecule has 0 spiro atoms. The highest BCUT2D eigenvalue weighted by Crippen LogP contribution is 2.30. The van der Waals surface area contributed by atoms with Crippen LogP contribution in [-0.4, -0.2) is 31.1 Å². The fraction of sp³-hybridized carbons (Fsp3) is 0.625. The lowest BCUT2D eigenvalue weighted by molar-refractivity contribution is 0.0949. The highest BCUT2D eigenvalue weighted by Gasteiger charge is 2.27. The monoisotopic (exact) mass is 262 g/mol. The van der Waals surface area contributed by atoms with Crippen LogP contribution in [0.1, 0.15) is 44.2 Å². The van der Waals surface area contributed by atoms with Gasteiger partial charge in [-0.15, -0.1) is 0 Å². The van der Waals surface area contributed by atoms with Crippen molar-refractivity contribution in [2.24, 2.45) is 5.73 Å². The van der Waals surface area contributed by atoms with E-state index in [4.69, 9.17) is 10.5 Å². The molecule has 0 aromatic heterocycles. The summed E-state index contributed by atoms with van der Waals surface area (Å²) in [6.45, 7) is 4.14. The molecule has 0 aliphatic carbocycles. The van der Waals surface area contributed by atoms with Crippen molar-refractivity contribution in [3.63, 3.8) is 0 Å². The lowest BCUT2D eigenvalue weighted by atomic mass is 9.95. The molecule has 1 heterocycles. The molecule has 1 aliphatic heterocycles. The van der Waals surface area contributed by atoms with Gasteiger partial charge in [0.25, 0.3) is 0 Å². The number of nitrogens with zero attached hydrogens (tertiary/aromatic N) is 1. The Kier molecular flexibility index (Phi) is 5.23. The maximum absolute atomic E-state index is 6.05. The molecule has 1 aliphatic rings. The van der Waals surface area contributed by atoms with E-state index in [2.05, 4.69) is 24.0 Å². The summed E-state index contributed by atoms with van der Waals surface area (Å²) in [6, 6.07) is 9.39. The number of ether oxygens (including phenoxy) is 1. The van der Waals surface area contributed by atoms with E-state index < -0.39 is 0 Å². The molecule has 1 fully saturated rings. The number of rotatable bonds is 5. The summed E-state index contributed by atoms with van der Waals surface area (Å²) < 4.78 is 5.23. The average molecular weight is 262 g/mol. The Morgan fingerprint density at radius 2 is 2.05 bits per heavy atom. The van der Waals surface area contributed by atoms with Crippen molar-refractivity contribution >= 4 is 0 Å². The summed E-state index contributed by atoms with van der Waals surface area (Å²) in [4.78, 5) is 2.60. The molecule has 0 saturated carbocycles. The molecule has 1 aromatic carbocycles. The largest absolute Gasteiger partial charge is 0.497 e. The molecule has 1 saturated heterocycles. The summed E-state index contributed by atoms with van der Waals surface area (Å²) in [5, 5.41) is 0. The number of hydrogen-bond donors (Lipinski definition) is 1. The summed E-state index contributed by atoms with van der Waals surface area (Å²) >= 11 is 0. The Balaban J connectivity index is 2.17. The van der Waals surface area contributed by atoms with Crippen molar-refractivity contribution in [2.75, 3.05) is 20.2 Å². The summed E-state index contributed by atoms with van der Waals surface area (Å²) in [7, 11) is 1.70. The van der Waals surface area contributed by atoms with E-state index in [0.29, 0.717) is 18.6 Å². The average Bonchev–Trinajstić information content (AvgIpc) is 2.49. The van der Waals surface area contributed by atoms with Gasteiger partial charge in [-0.05, 0) is 43.5 Å². The van der Waals surface area contributed by atoms with Gasteiger partial charge in [-0.3, -0.25) is 4.90 Å². The van der Waals surface area contributed by atoms with Crippen LogP contribution in [0.4, 0.5) is 0 Å². The lowest BCUT2D eigenvalue weighted by Gasteiger charge is -2.41. The minimum Gasteiger partial charge on any atom is -0.497 e. The van der Waals surface area contributed by atoms with Crippen molar-refractivity contribution in [3.8, 4) is 5.75 Å². The molecular weight excluding hydrogens is 236 g/mol. The second-order valence-electron chi connectivity index (χ2n) is 5.32. The molecule has 2 rings (SSSR count). The van der Waals surface area contributed by atoms with Gasteiger partial charge >= 0.3 is 0 Å². The number of piperidine rings is 1. The maximum atomic E-state index is 6.05. The van der Waals surface area contributed by atoms with Crippen molar-refractivity contribution in [1.82, 2.24) is 4.90 Å². The molecular formula is C16H26N2O. The van der Waals surface area contributed by atoms with Crippen LogP contribution in [0.2, 0.25) is 0 Å². The number of nitrogens with two attached hydrogens (primary N) is 1. The SMILES string of the molecule is CCC1CCCCN1C(CN)c1ccc(OC)cc1. The van der Waals surface area contributed by atoms with Gasteiger partial charge < -0.3 is 10.5 Å². The second kappa shape index (κ2) is 6.92. The third-order valence-electron chi connectivity index (χ3n) is 4.27. The van der Waals surface area contributed by atoms with E-state index in [1.54, 1.807) is 7.11 Å². The molecule has 2 atom stereocenters. The van der Waals surface area contributed by atoms with Crippen LogP contribution in [0.3, 0.4) is 0 Å². The van der Waals surface area contributed by atoms with Crippen LogP contribution in [-0.2, 0) is 0 Å². The third kappa shape index (κ3) is 3.28. The Labute approximate surface area is 116 Å². The fourth-order valence-corrected chi connectivity index (χ4v) is 3.16. The van der Waals surface area contributed by atoms with Gasteiger partial charge in [0, 0.05) is 18.6 Å². The van der Waals surface area contributed by atoms with Crippen molar-refractivity contribution in [1.29, 1.82) is 0 Å². The highest BCUT2D eigenvalue weighted by atomic mass is 16.5. The van der Waals surface area contributed by atoms with Gasteiger partial charge in [-0.1, -0.05) is 25.5 Å². The normalized spacial score (nSPS) is 22.2. The fourth-order valence-electron chi connectivity index (χ4n) is 3.16. The van der Waals surface area contributed by atoms with Crippen LogP contribution in [0.5, 0.6) is 5.75 Å². The Morgan fingerprint density at radius 3 is 2.63 bits per heavy atom. The molecule has 0 amide bonds. The van der Waals surface area contributed by atoms with Crippen LogP contribution in [0.15, 0.2) is 24.3 Å². The molecule has 1 aromatic rings. The topological polar surface area (TPSA) is 38.5 Å². The van der Waals surface area contributed by atoms with Gasteiger partial charge in [0.05, 0.1) is 7.11 Å². The molecule has 0 radical (unpaired) electrons. The van der Waals surface area contributed by atoms with E-state index in [1.165, 1.54) is 37.8 Å². The third-order valence-corrected chi connectivity index (χ3v) is 4.27. The van der Waals surface area contributed by atoms with E-state index in [0.717, 1.165) is 5.75 Å². The first-order chi connectivity index (χ1) is 9.30.